The Morgan fingerprint density at radius 1 is 1.29 bits per heavy atom. The number of carboxylic acids is 1. The molecule has 2 N–H and O–H groups in total. The summed E-state index contributed by atoms with van der Waals surface area (Å²) in [6, 6.07) is 6.87. The van der Waals surface area contributed by atoms with Crippen molar-refractivity contribution in [2.45, 2.75) is 32.1 Å². The van der Waals surface area contributed by atoms with Crippen molar-refractivity contribution >= 4 is 17.7 Å². The first-order valence-corrected chi connectivity index (χ1v) is 9.26. The van der Waals surface area contributed by atoms with Gasteiger partial charge in [-0.3, -0.25) is 9.59 Å². The van der Waals surface area contributed by atoms with Crippen molar-refractivity contribution in [3.63, 3.8) is 0 Å². The summed E-state index contributed by atoms with van der Waals surface area (Å²) >= 11 is 0. The van der Waals surface area contributed by atoms with Crippen LogP contribution in [0.15, 0.2) is 47.8 Å². The predicted molar refractivity (Wildman–Crippen MR) is 101 cm³/mol. The molecule has 0 fully saturated rings. The van der Waals surface area contributed by atoms with E-state index in [4.69, 9.17) is 14.6 Å². The molecule has 0 amide bonds. The van der Waals surface area contributed by atoms with Gasteiger partial charge in [-0.1, -0.05) is 24.8 Å². The fourth-order valence-corrected chi connectivity index (χ4v) is 3.85. The van der Waals surface area contributed by atoms with E-state index < -0.39 is 30.4 Å². The summed E-state index contributed by atoms with van der Waals surface area (Å²) in [4.78, 5) is 36.5. The number of ether oxygens (including phenoxy) is 2. The number of esters is 1. The number of allylic oxidation sites excluding steroid dienone is 2. The van der Waals surface area contributed by atoms with E-state index in [-0.39, 0.29) is 12.4 Å². The van der Waals surface area contributed by atoms with E-state index in [2.05, 4.69) is 11.9 Å². The lowest BCUT2D eigenvalue weighted by Crippen LogP contribution is -2.41. The molecule has 2 aliphatic rings. The van der Waals surface area contributed by atoms with Gasteiger partial charge >= 0.3 is 11.9 Å². The number of ketones is 1. The number of nitrogens with one attached hydrogen (secondary N) is 1. The normalized spacial score (nSPS) is 21.6. The van der Waals surface area contributed by atoms with Crippen molar-refractivity contribution in [1.29, 1.82) is 0 Å². The van der Waals surface area contributed by atoms with Crippen LogP contribution in [0.2, 0.25) is 0 Å². The number of rotatable bonds is 6. The number of carboxylic acid groups (broad SMARTS) is 1. The van der Waals surface area contributed by atoms with Crippen LogP contribution in [0.25, 0.3) is 0 Å². The lowest BCUT2D eigenvalue weighted by atomic mass is 9.71. The van der Waals surface area contributed by atoms with Gasteiger partial charge in [0.15, 0.2) is 12.4 Å². The van der Waals surface area contributed by atoms with Gasteiger partial charge in [-0.05, 0) is 25.8 Å². The molecule has 1 heterocycles. The molecule has 1 aromatic rings. The van der Waals surface area contributed by atoms with Gasteiger partial charge in [0.2, 0.25) is 0 Å². The largest absolute Gasteiger partial charge is 0.482 e. The monoisotopic (exact) mass is 385 g/mol. The maximum atomic E-state index is 12.8. The lowest BCUT2D eigenvalue weighted by Gasteiger charge is -2.38. The highest BCUT2D eigenvalue weighted by molar-refractivity contribution is 6.00. The molecule has 0 saturated carbocycles. The summed E-state index contributed by atoms with van der Waals surface area (Å²) in [6.45, 7) is 5.40. The molecular formula is C21H23NO6. The smallest absolute Gasteiger partial charge is 0.341 e. The average Bonchev–Trinajstić information content (AvgIpc) is 2.66. The molecule has 0 radical (unpaired) electrons. The third kappa shape index (κ3) is 3.78. The lowest BCUT2D eigenvalue weighted by molar-refractivity contribution is -0.147. The van der Waals surface area contributed by atoms with Crippen LogP contribution < -0.4 is 10.1 Å². The Kier molecular flexibility index (Phi) is 5.82. The number of aliphatic carboxylic acids is 1. The van der Waals surface area contributed by atoms with E-state index in [1.807, 2.05) is 0 Å². The summed E-state index contributed by atoms with van der Waals surface area (Å²) in [6.07, 6.45) is 1.81. The molecule has 148 valence electrons. The molecule has 7 nitrogen and oxygen atoms in total. The summed E-state index contributed by atoms with van der Waals surface area (Å²) in [5.74, 6) is -2.75. The van der Waals surface area contributed by atoms with Crippen molar-refractivity contribution in [3.8, 4) is 5.75 Å². The SMILES string of the molecule is C=C1NC2=C(C(=O)CCC2)C(c2ccccc2OCC(=O)O)C1C(=O)OCC. The van der Waals surface area contributed by atoms with Gasteiger partial charge in [0, 0.05) is 34.9 Å². The van der Waals surface area contributed by atoms with Crippen LogP contribution in [-0.2, 0) is 19.1 Å². The van der Waals surface area contributed by atoms with E-state index in [0.717, 1.165) is 12.1 Å². The topological polar surface area (TPSA) is 102 Å². The molecule has 2 atom stereocenters. The maximum absolute atomic E-state index is 12.8. The van der Waals surface area contributed by atoms with Crippen LogP contribution in [0, 0.1) is 5.92 Å². The van der Waals surface area contributed by atoms with Crippen LogP contribution in [0.4, 0.5) is 0 Å². The molecule has 0 aromatic heterocycles. The first kappa shape index (κ1) is 19.7. The molecule has 1 aliphatic carbocycles. The van der Waals surface area contributed by atoms with Gasteiger partial charge in [-0.25, -0.2) is 4.79 Å². The van der Waals surface area contributed by atoms with E-state index in [1.165, 1.54) is 0 Å². The first-order chi connectivity index (χ1) is 13.4. The fourth-order valence-electron chi connectivity index (χ4n) is 3.85. The second-order valence-corrected chi connectivity index (χ2v) is 6.75. The number of benzene rings is 1. The van der Waals surface area contributed by atoms with Gasteiger partial charge in [0.05, 0.1) is 6.61 Å². The Balaban J connectivity index is 2.14. The van der Waals surface area contributed by atoms with E-state index in [1.54, 1.807) is 31.2 Å². The second kappa shape index (κ2) is 8.29. The van der Waals surface area contributed by atoms with E-state index >= 15 is 0 Å². The van der Waals surface area contributed by atoms with Crippen LogP contribution in [-0.4, -0.2) is 36.0 Å². The number of para-hydroxylation sites is 1. The second-order valence-electron chi connectivity index (χ2n) is 6.75. The molecule has 0 spiro atoms. The molecule has 0 saturated heterocycles. The quantitative estimate of drug-likeness (QED) is 0.726. The minimum atomic E-state index is -1.11. The van der Waals surface area contributed by atoms with Gasteiger partial charge in [-0.2, -0.15) is 0 Å². The zero-order valence-electron chi connectivity index (χ0n) is 15.7. The number of hydrogen-bond acceptors (Lipinski definition) is 6. The summed E-state index contributed by atoms with van der Waals surface area (Å²) < 4.78 is 10.7. The highest BCUT2D eigenvalue weighted by Gasteiger charge is 2.44. The Morgan fingerprint density at radius 2 is 2.04 bits per heavy atom. The van der Waals surface area contributed by atoms with Crippen LogP contribution in [0.5, 0.6) is 5.75 Å². The zero-order chi connectivity index (χ0) is 20.3. The Labute approximate surface area is 163 Å². The predicted octanol–water partition coefficient (Wildman–Crippen LogP) is 2.54. The summed E-state index contributed by atoms with van der Waals surface area (Å²) in [5.41, 5.74) is 2.33. The van der Waals surface area contributed by atoms with Crippen molar-refractivity contribution in [2.24, 2.45) is 5.92 Å². The number of carbonyl (C=O) groups is 3. The Morgan fingerprint density at radius 3 is 2.75 bits per heavy atom. The molecule has 28 heavy (non-hydrogen) atoms. The highest BCUT2D eigenvalue weighted by Crippen LogP contribution is 2.46. The van der Waals surface area contributed by atoms with Crippen molar-refractivity contribution in [1.82, 2.24) is 5.32 Å². The molecule has 1 aliphatic heterocycles. The van der Waals surface area contributed by atoms with Crippen molar-refractivity contribution in [3.05, 3.63) is 53.4 Å². The Bertz CT molecular complexity index is 856. The van der Waals surface area contributed by atoms with E-state index in [0.29, 0.717) is 35.4 Å². The van der Waals surface area contributed by atoms with E-state index in [9.17, 15) is 14.4 Å². The summed E-state index contributed by atoms with van der Waals surface area (Å²) in [5, 5.41) is 12.1. The Hall–Kier alpha value is -3.09. The van der Waals surface area contributed by atoms with Crippen molar-refractivity contribution < 1.29 is 29.0 Å². The molecular weight excluding hydrogens is 362 g/mol. The number of hydrogen-bond donors (Lipinski definition) is 2. The van der Waals surface area contributed by atoms with Gasteiger partial charge in [-0.15, -0.1) is 0 Å². The molecule has 0 bridgehead atoms. The van der Waals surface area contributed by atoms with Crippen LogP contribution >= 0.6 is 0 Å². The average molecular weight is 385 g/mol. The highest BCUT2D eigenvalue weighted by atomic mass is 16.5. The number of carbonyl (C=O) groups excluding carboxylic acids is 2. The van der Waals surface area contributed by atoms with Crippen molar-refractivity contribution in [2.75, 3.05) is 13.2 Å². The first-order valence-electron chi connectivity index (χ1n) is 9.26. The molecule has 1 aromatic carbocycles. The van der Waals surface area contributed by atoms with Crippen LogP contribution in [0.3, 0.4) is 0 Å². The third-order valence-corrected chi connectivity index (χ3v) is 4.93. The zero-order valence-corrected chi connectivity index (χ0v) is 15.7. The molecule has 7 heteroatoms. The summed E-state index contributed by atoms with van der Waals surface area (Å²) in [7, 11) is 0. The van der Waals surface area contributed by atoms with Gasteiger partial charge in [0.25, 0.3) is 0 Å². The van der Waals surface area contributed by atoms with Gasteiger partial charge in [0.1, 0.15) is 11.7 Å². The number of Topliss-reactive ketones (excluding diaryl/α,β-unsaturated/α-hetero) is 1. The minimum absolute atomic E-state index is 0.0337. The third-order valence-electron chi connectivity index (χ3n) is 4.93. The minimum Gasteiger partial charge on any atom is -0.482 e. The maximum Gasteiger partial charge on any atom is 0.341 e. The molecule has 3 rings (SSSR count). The van der Waals surface area contributed by atoms with Gasteiger partial charge < -0.3 is 19.9 Å². The van der Waals surface area contributed by atoms with Crippen LogP contribution in [0.1, 0.15) is 37.7 Å². The fraction of sp³-hybridized carbons (Fsp3) is 0.381. The standard InChI is InChI=1S/C21H23NO6/c1-3-27-21(26)18-12(2)22-14-8-6-9-15(23)20(14)19(18)13-7-4-5-10-16(13)28-11-17(24)25/h4-5,7,10,18-19,22H,2-3,6,8-9,11H2,1H3,(H,24,25). The molecule has 2 unspecified atom stereocenters.